The lowest BCUT2D eigenvalue weighted by Gasteiger charge is -2.13. The highest BCUT2D eigenvalue weighted by Crippen LogP contribution is 2.40. The molecule has 9 heteroatoms. The lowest BCUT2D eigenvalue weighted by Crippen LogP contribution is -2.24. The molecule has 1 aromatic heterocycles. The van der Waals surface area contributed by atoms with Gasteiger partial charge in [0.1, 0.15) is 11.6 Å². The minimum absolute atomic E-state index is 0.0356. The maximum atomic E-state index is 13.3. The van der Waals surface area contributed by atoms with Gasteiger partial charge < -0.3 is 14.8 Å². The maximum Gasteiger partial charge on any atom is 0.269 e. The van der Waals surface area contributed by atoms with Gasteiger partial charge in [0.15, 0.2) is 11.5 Å². The number of ether oxygens (including phenoxy) is 2. The molecule has 1 aliphatic carbocycles. The molecule has 1 aliphatic rings. The van der Waals surface area contributed by atoms with Gasteiger partial charge in [-0.1, -0.05) is 30.3 Å². The monoisotopic (exact) mass is 555 g/mol. The van der Waals surface area contributed by atoms with Crippen molar-refractivity contribution in [3.8, 4) is 11.5 Å². The van der Waals surface area contributed by atoms with E-state index in [4.69, 9.17) is 14.5 Å². The average Bonchev–Trinajstić information content (AvgIpc) is 3.37. The Morgan fingerprint density at radius 2 is 1.80 bits per heavy atom. The first-order chi connectivity index (χ1) is 19.5. The van der Waals surface area contributed by atoms with Crippen molar-refractivity contribution >= 4 is 34.1 Å². The molecule has 0 bridgehead atoms. The molecule has 204 valence electrons. The van der Waals surface area contributed by atoms with Gasteiger partial charge in [0, 0.05) is 29.8 Å². The third-order valence-electron chi connectivity index (χ3n) is 6.74. The minimum atomic E-state index is -0.431. The number of nitrogens with one attached hydrogen (secondary N) is 1. The number of aryl methyl sites for hydroxylation is 1. The van der Waals surface area contributed by atoms with Crippen molar-refractivity contribution in [1.82, 2.24) is 5.32 Å². The van der Waals surface area contributed by atoms with Crippen LogP contribution in [0.3, 0.4) is 0 Å². The molecule has 1 amide bonds. The van der Waals surface area contributed by atoms with E-state index in [9.17, 15) is 14.9 Å². The molecule has 1 heterocycles. The number of thiophene rings is 1. The number of rotatable bonds is 10. The molecule has 0 radical (unpaired) electrons. The third kappa shape index (κ3) is 6.38. The van der Waals surface area contributed by atoms with Crippen molar-refractivity contribution < 1.29 is 19.2 Å². The zero-order valence-electron chi connectivity index (χ0n) is 22.1. The Hall–Kier alpha value is -4.50. The summed E-state index contributed by atoms with van der Waals surface area (Å²) in [5.74, 6) is 0.991. The third-order valence-corrected chi connectivity index (χ3v) is 7.94. The van der Waals surface area contributed by atoms with Crippen LogP contribution in [0, 0.1) is 10.1 Å². The lowest BCUT2D eigenvalue weighted by molar-refractivity contribution is -0.384. The fourth-order valence-electron chi connectivity index (χ4n) is 4.64. The number of nitro groups is 1. The molecule has 0 fully saturated rings. The Bertz CT molecular complexity index is 1530. The van der Waals surface area contributed by atoms with Crippen LogP contribution in [0.1, 0.15) is 50.3 Å². The SMILES string of the molecule is COc1cc(C=Nc2sc3c(c2C(=O)NCc2ccccc2)CCCC3)ccc1OCc1ccc([N+](=O)[O-])cc1. The fraction of sp³-hybridized carbons (Fsp3) is 0.226. The number of nitrogens with zero attached hydrogens (tertiary/aromatic N) is 2. The van der Waals surface area contributed by atoms with Gasteiger partial charge in [-0.25, -0.2) is 4.99 Å². The van der Waals surface area contributed by atoms with E-state index in [1.807, 2.05) is 42.5 Å². The highest BCUT2D eigenvalue weighted by molar-refractivity contribution is 7.16. The fourth-order valence-corrected chi connectivity index (χ4v) is 5.87. The van der Waals surface area contributed by atoms with Crippen molar-refractivity contribution in [3.05, 3.63) is 116 Å². The smallest absolute Gasteiger partial charge is 0.269 e. The van der Waals surface area contributed by atoms with Crippen molar-refractivity contribution in [1.29, 1.82) is 0 Å². The number of amides is 1. The van der Waals surface area contributed by atoms with Gasteiger partial charge in [-0.3, -0.25) is 14.9 Å². The molecule has 0 aliphatic heterocycles. The van der Waals surface area contributed by atoms with E-state index < -0.39 is 4.92 Å². The summed E-state index contributed by atoms with van der Waals surface area (Å²) in [5.41, 5.74) is 4.50. The van der Waals surface area contributed by atoms with Crippen LogP contribution in [0.4, 0.5) is 10.7 Å². The Kier molecular flexibility index (Phi) is 8.51. The van der Waals surface area contributed by atoms with Crippen LogP contribution in [0.5, 0.6) is 11.5 Å². The van der Waals surface area contributed by atoms with E-state index in [0.717, 1.165) is 52.9 Å². The lowest BCUT2D eigenvalue weighted by atomic mass is 9.95. The summed E-state index contributed by atoms with van der Waals surface area (Å²) in [6.45, 7) is 0.704. The van der Waals surface area contributed by atoms with Crippen LogP contribution >= 0.6 is 11.3 Å². The van der Waals surface area contributed by atoms with Crippen LogP contribution in [0.2, 0.25) is 0 Å². The van der Waals surface area contributed by atoms with Crippen LogP contribution < -0.4 is 14.8 Å². The molecule has 3 aromatic carbocycles. The van der Waals surface area contributed by atoms with E-state index in [1.165, 1.54) is 17.0 Å². The Morgan fingerprint density at radius 3 is 2.55 bits per heavy atom. The first kappa shape index (κ1) is 27.1. The molecule has 4 aromatic rings. The molecule has 8 nitrogen and oxygen atoms in total. The summed E-state index contributed by atoms with van der Waals surface area (Å²) < 4.78 is 11.5. The summed E-state index contributed by atoms with van der Waals surface area (Å²) in [5, 5.41) is 14.7. The molecule has 0 saturated heterocycles. The van der Waals surface area contributed by atoms with Gasteiger partial charge >= 0.3 is 0 Å². The molecular weight excluding hydrogens is 526 g/mol. The van der Waals surface area contributed by atoms with Crippen molar-refractivity contribution in [2.45, 2.75) is 38.8 Å². The second-order valence-electron chi connectivity index (χ2n) is 9.44. The van der Waals surface area contributed by atoms with Crippen molar-refractivity contribution in [2.24, 2.45) is 4.99 Å². The normalized spacial score (nSPS) is 12.6. The first-order valence-electron chi connectivity index (χ1n) is 13.1. The number of hydrogen-bond acceptors (Lipinski definition) is 7. The van der Waals surface area contributed by atoms with Crippen molar-refractivity contribution in [2.75, 3.05) is 7.11 Å². The number of methoxy groups -OCH3 is 1. The van der Waals surface area contributed by atoms with Gasteiger partial charge in [0.05, 0.1) is 17.6 Å². The minimum Gasteiger partial charge on any atom is -0.493 e. The predicted molar refractivity (Wildman–Crippen MR) is 156 cm³/mol. The van der Waals surface area contributed by atoms with E-state index in [2.05, 4.69) is 5.32 Å². The van der Waals surface area contributed by atoms with Gasteiger partial charge in [-0.2, -0.15) is 0 Å². The zero-order valence-corrected chi connectivity index (χ0v) is 22.9. The number of carbonyl (C=O) groups excluding carboxylic acids is 1. The number of hydrogen-bond donors (Lipinski definition) is 1. The van der Waals surface area contributed by atoms with E-state index in [0.29, 0.717) is 23.6 Å². The van der Waals surface area contributed by atoms with Crippen LogP contribution in [0.15, 0.2) is 77.8 Å². The highest BCUT2D eigenvalue weighted by atomic mass is 32.1. The summed E-state index contributed by atoms with van der Waals surface area (Å²) in [7, 11) is 1.57. The second kappa shape index (κ2) is 12.6. The van der Waals surface area contributed by atoms with E-state index in [1.54, 1.807) is 42.9 Å². The summed E-state index contributed by atoms with van der Waals surface area (Å²) in [6.07, 6.45) is 5.81. The van der Waals surface area contributed by atoms with Crippen LogP contribution in [-0.4, -0.2) is 24.2 Å². The molecule has 1 N–H and O–H groups in total. The summed E-state index contributed by atoms with van der Waals surface area (Å²) in [6, 6.07) is 21.6. The summed E-state index contributed by atoms with van der Waals surface area (Å²) in [4.78, 5) is 29.8. The number of non-ortho nitro benzene ring substituents is 1. The Labute approximate surface area is 236 Å². The highest BCUT2D eigenvalue weighted by Gasteiger charge is 2.25. The van der Waals surface area contributed by atoms with Crippen LogP contribution in [-0.2, 0) is 26.0 Å². The van der Waals surface area contributed by atoms with E-state index >= 15 is 0 Å². The summed E-state index contributed by atoms with van der Waals surface area (Å²) >= 11 is 1.60. The first-order valence-corrected chi connectivity index (χ1v) is 13.9. The molecule has 0 saturated carbocycles. The Balaban J connectivity index is 1.32. The van der Waals surface area contributed by atoms with Gasteiger partial charge in [0.25, 0.3) is 11.6 Å². The standard InChI is InChI=1S/C31H29N3O5S/c1-38-27-17-23(13-16-26(27)39-20-22-11-14-24(15-12-22)34(36)37)19-33-31-29(25-9-5-6-10-28(25)40-31)30(35)32-18-21-7-3-2-4-8-21/h2-4,7-8,11-17,19H,5-6,9-10,18,20H2,1H3,(H,32,35). The molecule has 40 heavy (non-hydrogen) atoms. The number of nitro benzene ring substituents is 1. The van der Waals surface area contributed by atoms with Gasteiger partial charge in [-0.05, 0) is 78.3 Å². The zero-order chi connectivity index (χ0) is 27.9. The number of carbonyl (C=O) groups is 1. The van der Waals surface area contributed by atoms with Gasteiger partial charge in [-0.15, -0.1) is 11.3 Å². The molecule has 0 atom stereocenters. The molecule has 0 unspecified atom stereocenters. The number of fused-ring (bicyclic) bond motifs is 1. The van der Waals surface area contributed by atoms with Gasteiger partial charge in [0.2, 0.25) is 0 Å². The number of aliphatic imine (C=N–C) groups is 1. The topological polar surface area (TPSA) is 103 Å². The van der Waals surface area contributed by atoms with E-state index in [-0.39, 0.29) is 18.2 Å². The Morgan fingerprint density at radius 1 is 1.02 bits per heavy atom. The maximum absolute atomic E-state index is 13.3. The predicted octanol–water partition coefficient (Wildman–Crippen LogP) is 6.80. The van der Waals surface area contributed by atoms with Crippen molar-refractivity contribution in [3.63, 3.8) is 0 Å². The largest absolute Gasteiger partial charge is 0.493 e. The molecular formula is C31H29N3O5S. The number of benzene rings is 3. The quantitative estimate of drug-likeness (QED) is 0.132. The molecule has 5 rings (SSSR count). The second-order valence-corrected chi connectivity index (χ2v) is 10.5. The molecule has 0 spiro atoms. The average molecular weight is 556 g/mol. The van der Waals surface area contributed by atoms with Crippen LogP contribution in [0.25, 0.3) is 0 Å².